The zero-order chi connectivity index (χ0) is 16.8. The largest absolute Gasteiger partial charge is 0.497 e. The van der Waals surface area contributed by atoms with Crippen molar-refractivity contribution in [2.45, 2.75) is 6.92 Å². The lowest BCUT2D eigenvalue weighted by Crippen LogP contribution is -2.24. The molecule has 0 atom stereocenters. The number of benzene rings is 2. The molecule has 0 aliphatic rings. The molecule has 0 heterocycles. The maximum atomic E-state index is 11.9. The molecular formula is C18H19N3O2. The summed E-state index contributed by atoms with van der Waals surface area (Å²) in [6.07, 6.45) is 1.77. The number of methoxy groups -OCH3 is 1. The van der Waals surface area contributed by atoms with E-state index in [-0.39, 0.29) is 5.96 Å². The molecule has 0 aliphatic carbocycles. The highest BCUT2D eigenvalue weighted by atomic mass is 16.5. The predicted molar refractivity (Wildman–Crippen MR) is 92.9 cm³/mol. The molecule has 5 nitrogen and oxygen atoms in total. The van der Waals surface area contributed by atoms with Crippen LogP contribution in [0.25, 0.3) is 17.2 Å². The van der Waals surface area contributed by atoms with E-state index in [0.29, 0.717) is 5.57 Å². The summed E-state index contributed by atoms with van der Waals surface area (Å²) in [6.45, 7) is 1.68. The van der Waals surface area contributed by atoms with Gasteiger partial charge in [0.2, 0.25) is 0 Å². The van der Waals surface area contributed by atoms with E-state index in [0.717, 1.165) is 22.4 Å². The molecule has 0 spiro atoms. The van der Waals surface area contributed by atoms with Gasteiger partial charge in [0.25, 0.3) is 5.91 Å². The number of nitrogens with zero attached hydrogens (tertiary/aromatic N) is 1. The average molecular weight is 309 g/mol. The van der Waals surface area contributed by atoms with Gasteiger partial charge in [-0.05, 0) is 41.8 Å². The van der Waals surface area contributed by atoms with Gasteiger partial charge in [0.1, 0.15) is 5.75 Å². The Hall–Kier alpha value is -3.08. The second-order valence-electron chi connectivity index (χ2n) is 4.98. The lowest BCUT2D eigenvalue weighted by Gasteiger charge is -2.08. The molecule has 0 bridgehead atoms. The van der Waals surface area contributed by atoms with Gasteiger partial charge in [-0.2, -0.15) is 4.99 Å². The van der Waals surface area contributed by atoms with Crippen LogP contribution in [-0.2, 0) is 4.79 Å². The quantitative estimate of drug-likeness (QED) is 0.516. The Morgan fingerprint density at radius 3 is 2.35 bits per heavy atom. The van der Waals surface area contributed by atoms with Crippen molar-refractivity contribution < 1.29 is 9.53 Å². The lowest BCUT2D eigenvalue weighted by atomic mass is 9.98. The predicted octanol–water partition coefficient (Wildman–Crippen LogP) is 2.57. The first-order valence-corrected chi connectivity index (χ1v) is 7.07. The van der Waals surface area contributed by atoms with Gasteiger partial charge in [0, 0.05) is 5.57 Å². The van der Waals surface area contributed by atoms with Crippen LogP contribution < -0.4 is 16.2 Å². The van der Waals surface area contributed by atoms with E-state index in [9.17, 15) is 4.79 Å². The fourth-order valence-corrected chi connectivity index (χ4v) is 2.16. The molecule has 0 fully saturated rings. The number of hydrogen-bond donors (Lipinski definition) is 2. The summed E-state index contributed by atoms with van der Waals surface area (Å²) < 4.78 is 5.17. The third-order valence-electron chi connectivity index (χ3n) is 3.30. The number of carbonyl (C=O) groups is 1. The molecule has 2 aromatic carbocycles. The number of rotatable bonds is 4. The maximum Gasteiger partial charge on any atom is 0.275 e. The Morgan fingerprint density at radius 2 is 1.74 bits per heavy atom. The first kappa shape index (κ1) is 16.3. The minimum absolute atomic E-state index is 0.244. The third-order valence-corrected chi connectivity index (χ3v) is 3.30. The zero-order valence-electron chi connectivity index (χ0n) is 13.1. The highest BCUT2D eigenvalue weighted by molar-refractivity contribution is 6.04. The van der Waals surface area contributed by atoms with Crippen LogP contribution in [0, 0.1) is 0 Å². The Balaban J connectivity index is 2.41. The maximum absolute atomic E-state index is 11.9. The first-order chi connectivity index (χ1) is 11.0. The highest BCUT2D eigenvalue weighted by Crippen LogP contribution is 2.27. The number of nitrogens with two attached hydrogens (primary N) is 2. The van der Waals surface area contributed by atoms with Gasteiger partial charge in [-0.3, -0.25) is 4.79 Å². The number of guanidine groups is 1. The smallest absolute Gasteiger partial charge is 0.275 e. The SMILES string of the molecule is COc1ccc(-c2ccccc2/C=C(\C)C(=O)N=C(N)N)cc1. The molecule has 0 saturated heterocycles. The van der Waals surface area contributed by atoms with Crippen molar-refractivity contribution in [1.82, 2.24) is 0 Å². The van der Waals surface area contributed by atoms with Crippen molar-refractivity contribution in [3.05, 3.63) is 59.7 Å². The fourth-order valence-electron chi connectivity index (χ4n) is 2.16. The molecular weight excluding hydrogens is 290 g/mol. The normalized spacial score (nSPS) is 11.0. The van der Waals surface area contributed by atoms with E-state index in [4.69, 9.17) is 16.2 Å². The van der Waals surface area contributed by atoms with E-state index in [1.54, 1.807) is 20.1 Å². The number of amides is 1. The number of ether oxygens (including phenoxy) is 1. The molecule has 0 aliphatic heterocycles. The van der Waals surface area contributed by atoms with Crippen LogP contribution in [-0.4, -0.2) is 19.0 Å². The van der Waals surface area contributed by atoms with Gasteiger partial charge >= 0.3 is 0 Å². The number of hydrogen-bond acceptors (Lipinski definition) is 2. The zero-order valence-corrected chi connectivity index (χ0v) is 13.1. The highest BCUT2D eigenvalue weighted by Gasteiger charge is 2.07. The molecule has 2 rings (SSSR count). The summed E-state index contributed by atoms with van der Waals surface area (Å²) >= 11 is 0. The van der Waals surface area contributed by atoms with Gasteiger partial charge in [-0.25, -0.2) is 0 Å². The molecule has 0 saturated carbocycles. The van der Waals surface area contributed by atoms with Gasteiger partial charge in [-0.15, -0.1) is 0 Å². The van der Waals surface area contributed by atoms with Crippen LogP contribution in [0.4, 0.5) is 0 Å². The molecule has 0 unspecified atom stereocenters. The Bertz CT molecular complexity index is 758. The molecule has 0 aromatic heterocycles. The van der Waals surface area contributed by atoms with Crippen LogP contribution in [0.15, 0.2) is 59.1 Å². The summed E-state index contributed by atoms with van der Waals surface area (Å²) in [7, 11) is 1.63. The van der Waals surface area contributed by atoms with E-state index in [1.807, 2.05) is 48.5 Å². The third kappa shape index (κ3) is 4.20. The Labute approximate surface area is 135 Å². The van der Waals surface area contributed by atoms with Crippen molar-refractivity contribution >= 4 is 17.9 Å². The van der Waals surface area contributed by atoms with Gasteiger partial charge < -0.3 is 16.2 Å². The van der Waals surface area contributed by atoms with Gasteiger partial charge in [0.15, 0.2) is 5.96 Å². The lowest BCUT2D eigenvalue weighted by molar-refractivity contribution is -0.114. The van der Waals surface area contributed by atoms with E-state index >= 15 is 0 Å². The van der Waals surface area contributed by atoms with Gasteiger partial charge in [0.05, 0.1) is 7.11 Å². The van der Waals surface area contributed by atoms with Crippen LogP contribution >= 0.6 is 0 Å². The van der Waals surface area contributed by atoms with Crippen molar-refractivity contribution in [2.24, 2.45) is 16.5 Å². The number of carbonyl (C=O) groups excluding carboxylic acids is 1. The molecule has 23 heavy (non-hydrogen) atoms. The minimum Gasteiger partial charge on any atom is -0.497 e. The minimum atomic E-state index is -0.450. The Kier molecular flexibility index (Phi) is 5.15. The molecule has 118 valence electrons. The van der Waals surface area contributed by atoms with Crippen LogP contribution in [0.2, 0.25) is 0 Å². The molecule has 2 aromatic rings. The monoisotopic (exact) mass is 309 g/mol. The van der Waals surface area contributed by atoms with Gasteiger partial charge in [-0.1, -0.05) is 36.4 Å². The van der Waals surface area contributed by atoms with Crippen LogP contribution in [0.3, 0.4) is 0 Å². The fraction of sp³-hybridized carbons (Fsp3) is 0.111. The molecule has 5 heteroatoms. The van der Waals surface area contributed by atoms with E-state index in [1.165, 1.54) is 0 Å². The second-order valence-corrected chi connectivity index (χ2v) is 4.98. The summed E-state index contributed by atoms with van der Waals surface area (Å²) in [6, 6.07) is 15.5. The number of aliphatic imine (C=N–C) groups is 1. The average Bonchev–Trinajstić information content (AvgIpc) is 2.55. The summed E-state index contributed by atoms with van der Waals surface area (Å²) in [5, 5.41) is 0. The summed E-state index contributed by atoms with van der Waals surface area (Å²) in [5.41, 5.74) is 13.9. The second kappa shape index (κ2) is 7.26. The van der Waals surface area contributed by atoms with Crippen molar-refractivity contribution in [1.29, 1.82) is 0 Å². The topological polar surface area (TPSA) is 90.7 Å². The molecule has 4 N–H and O–H groups in total. The summed E-state index contributed by atoms with van der Waals surface area (Å²) in [4.78, 5) is 15.4. The molecule has 1 amide bonds. The van der Waals surface area contributed by atoms with E-state index < -0.39 is 5.91 Å². The Morgan fingerprint density at radius 1 is 1.09 bits per heavy atom. The van der Waals surface area contributed by atoms with Crippen molar-refractivity contribution in [3.63, 3.8) is 0 Å². The van der Waals surface area contributed by atoms with Crippen LogP contribution in [0.1, 0.15) is 12.5 Å². The first-order valence-electron chi connectivity index (χ1n) is 7.07. The van der Waals surface area contributed by atoms with Crippen molar-refractivity contribution in [3.8, 4) is 16.9 Å². The molecule has 0 radical (unpaired) electrons. The van der Waals surface area contributed by atoms with E-state index in [2.05, 4.69) is 4.99 Å². The van der Waals surface area contributed by atoms with Crippen molar-refractivity contribution in [2.75, 3.05) is 7.11 Å². The standard InChI is InChI=1S/C18H19N3O2/c1-12(17(22)21-18(19)20)11-14-5-3-4-6-16(14)13-7-9-15(23-2)10-8-13/h3-11H,1-2H3,(H4,19,20,21,22)/b12-11+. The van der Waals surface area contributed by atoms with Crippen LogP contribution in [0.5, 0.6) is 5.75 Å². The summed E-state index contributed by atoms with van der Waals surface area (Å²) in [5.74, 6) is 0.0987.